The molecule has 0 saturated heterocycles. The fraction of sp³-hybridized carbons (Fsp3) is 0.286. The van der Waals surface area contributed by atoms with Crippen molar-refractivity contribution in [1.82, 2.24) is 9.97 Å². The highest BCUT2D eigenvalue weighted by atomic mass is 15.1. The van der Waals surface area contributed by atoms with Gasteiger partial charge in [-0.25, -0.2) is 9.97 Å². The maximum absolute atomic E-state index is 4.52. The normalized spacial score (nSPS) is 10.6. The van der Waals surface area contributed by atoms with Gasteiger partial charge in [0, 0.05) is 17.3 Å². The lowest BCUT2D eigenvalue weighted by Gasteiger charge is -2.10. The van der Waals surface area contributed by atoms with Gasteiger partial charge < -0.3 is 5.32 Å². The predicted octanol–water partition coefficient (Wildman–Crippen LogP) is 3.27. The van der Waals surface area contributed by atoms with Crippen molar-refractivity contribution in [2.24, 2.45) is 0 Å². The van der Waals surface area contributed by atoms with Crippen molar-refractivity contribution < 1.29 is 0 Å². The van der Waals surface area contributed by atoms with E-state index in [0.29, 0.717) is 12.0 Å². The van der Waals surface area contributed by atoms with Crippen molar-refractivity contribution in [2.45, 2.75) is 26.8 Å². The molecular formula is C14H17N3. The molecular weight excluding hydrogens is 210 g/mol. The highest BCUT2D eigenvalue weighted by molar-refractivity contribution is 5.60. The first-order valence-electron chi connectivity index (χ1n) is 5.83. The second-order valence-electron chi connectivity index (χ2n) is 4.38. The first kappa shape index (κ1) is 11.6. The zero-order valence-electron chi connectivity index (χ0n) is 10.4. The maximum atomic E-state index is 4.52. The van der Waals surface area contributed by atoms with Crippen LogP contribution >= 0.6 is 0 Å². The molecule has 88 valence electrons. The summed E-state index contributed by atoms with van der Waals surface area (Å²) in [6.07, 6.45) is 0. The molecule has 0 atom stereocenters. The molecule has 3 heteroatoms. The lowest BCUT2D eigenvalue weighted by Crippen LogP contribution is -2.13. The molecule has 0 spiro atoms. The van der Waals surface area contributed by atoms with Crippen molar-refractivity contribution in [2.75, 3.05) is 5.32 Å². The molecule has 2 rings (SSSR count). The van der Waals surface area contributed by atoms with E-state index in [0.717, 1.165) is 17.0 Å². The summed E-state index contributed by atoms with van der Waals surface area (Å²) >= 11 is 0. The molecule has 0 amide bonds. The molecule has 0 aliphatic heterocycles. The minimum atomic E-state index is 0.334. The fourth-order valence-electron chi connectivity index (χ4n) is 1.65. The molecule has 0 saturated carbocycles. The number of hydrogen-bond donors (Lipinski definition) is 1. The first-order chi connectivity index (χ1) is 8.15. The lowest BCUT2D eigenvalue weighted by molar-refractivity contribution is 0.871. The van der Waals surface area contributed by atoms with Gasteiger partial charge in [-0.3, -0.25) is 0 Å². The first-order valence-corrected chi connectivity index (χ1v) is 5.83. The summed E-state index contributed by atoms with van der Waals surface area (Å²) in [7, 11) is 0. The number of nitrogens with one attached hydrogen (secondary N) is 1. The smallest absolute Gasteiger partial charge is 0.223 e. The largest absolute Gasteiger partial charge is 0.352 e. The van der Waals surface area contributed by atoms with Gasteiger partial charge in [0.05, 0.1) is 5.69 Å². The summed E-state index contributed by atoms with van der Waals surface area (Å²) in [5.41, 5.74) is 3.05. The molecule has 17 heavy (non-hydrogen) atoms. The van der Waals surface area contributed by atoms with Gasteiger partial charge in [0.25, 0.3) is 0 Å². The van der Waals surface area contributed by atoms with Gasteiger partial charge in [-0.1, -0.05) is 30.3 Å². The van der Waals surface area contributed by atoms with Gasteiger partial charge in [0.2, 0.25) is 5.95 Å². The highest BCUT2D eigenvalue weighted by Crippen LogP contribution is 2.18. The van der Waals surface area contributed by atoms with E-state index in [4.69, 9.17) is 0 Å². The monoisotopic (exact) mass is 227 g/mol. The minimum absolute atomic E-state index is 0.334. The maximum Gasteiger partial charge on any atom is 0.223 e. The number of anilines is 1. The molecule has 3 nitrogen and oxygen atoms in total. The molecule has 1 aromatic heterocycles. The van der Waals surface area contributed by atoms with E-state index in [9.17, 15) is 0 Å². The number of benzene rings is 1. The molecule has 0 fully saturated rings. The van der Waals surface area contributed by atoms with Gasteiger partial charge in [0.1, 0.15) is 0 Å². The van der Waals surface area contributed by atoms with Crippen LogP contribution in [0.5, 0.6) is 0 Å². The molecule has 0 aliphatic rings. The Morgan fingerprint density at radius 1 is 1.06 bits per heavy atom. The molecule has 0 aliphatic carbocycles. The van der Waals surface area contributed by atoms with Crippen molar-refractivity contribution in [3.8, 4) is 11.3 Å². The van der Waals surface area contributed by atoms with Crippen molar-refractivity contribution in [3.05, 3.63) is 42.1 Å². The molecule has 0 radical (unpaired) electrons. The zero-order chi connectivity index (χ0) is 12.3. The van der Waals surface area contributed by atoms with Crippen LogP contribution in [0.4, 0.5) is 5.95 Å². The minimum Gasteiger partial charge on any atom is -0.352 e. The average molecular weight is 227 g/mol. The molecule has 1 N–H and O–H groups in total. The second-order valence-corrected chi connectivity index (χ2v) is 4.38. The summed E-state index contributed by atoms with van der Waals surface area (Å²) < 4.78 is 0. The third-order valence-corrected chi connectivity index (χ3v) is 2.34. The van der Waals surface area contributed by atoms with Gasteiger partial charge in [-0.15, -0.1) is 0 Å². The van der Waals surface area contributed by atoms with E-state index in [2.05, 4.69) is 41.3 Å². The number of hydrogen-bond acceptors (Lipinski definition) is 3. The van der Waals surface area contributed by atoms with Gasteiger partial charge in [-0.05, 0) is 26.8 Å². The quantitative estimate of drug-likeness (QED) is 0.874. The van der Waals surface area contributed by atoms with Crippen LogP contribution in [0.3, 0.4) is 0 Å². The number of aromatic nitrogens is 2. The number of rotatable bonds is 3. The van der Waals surface area contributed by atoms with E-state index in [-0.39, 0.29) is 0 Å². The second kappa shape index (κ2) is 4.95. The van der Waals surface area contributed by atoms with Crippen LogP contribution in [0.25, 0.3) is 11.3 Å². The Balaban J connectivity index is 2.38. The molecule has 1 heterocycles. The summed E-state index contributed by atoms with van der Waals surface area (Å²) in [4.78, 5) is 8.90. The van der Waals surface area contributed by atoms with E-state index in [1.54, 1.807) is 0 Å². The van der Waals surface area contributed by atoms with E-state index in [1.807, 2.05) is 31.2 Å². The average Bonchev–Trinajstić information content (AvgIpc) is 2.28. The van der Waals surface area contributed by atoms with Crippen LogP contribution in [0.2, 0.25) is 0 Å². The summed E-state index contributed by atoms with van der Waals surface area (Å²) in [5.74, 6) is 0.693. The van der Waals surface area contributed by atoms with Crippen molar-refractivity contribution in [1.29, 1.82) is 0 Å². The molecule has 2 aromatic rings. The van der Waals surface area contributed by atoms with E-state index in [1.165, 1.54) is 0 Å². The Morgan fingerprint density at radius 2 is 1.76 bits per heavy atom. The fourth-order valence-corrected chi connectivity index (χ4v) is 1.65. The lowest BCUT2D eigenvalue weighted by atomic mass is 10.1. The number of aryl methyl sites for hydroxylation is 1. The van der Waals surface area contributed by atoms with Crippen LogP contribution < -0.4 is 5.32 Å². The summed E-state index contributed by atoms with van der Waals surface area (Å²) in [5, 5.41) is 3.23. The van der Waals surface area contributed by atoms with E-state index >= 15 is 0 Å². The highest BCUT2D eigenvalue weighted by Gasteiger charge is 2.04. The Bertz CT molecular complexity index is 492. The van der Waals surface area contributed by atoms with Gasteiger partial charge in [-0.2, -0.15) is 0 Å². The Kier molecular flexibility index (Phi) is 3.38. The van der Waals surface area contributed by atoms with E-state index < -0.39 is 0 Å². The van der Waals surface area contributed by atoms with Crippen LogP contribution in [0.1, 0.15) is 19.5 Å². The van der Waals surface area contributed by atoms with Crippen LogP contribution in [0.15, 0.2) is 36.4 Å². The summed E-state index contributed by atoms with van der Waals surface area (Å²) in [6.45, 7) is 6.14. The number of nitrogens with zero attached hydrogens (tertiary/aromatic N) is 2. The Morgan fingerprint density at radius 3 is 2.41 bits per heavy atom. The third-order valence-electron chi connectivity index (χ3n) is 2.34. The molecule has 0 bridgehead atoms. The zero-order valence-corrected chi connectivity index (χ0v) is 10.4. The molecule has 1 aromatic carbocycles. The third kappa shape index (κ3) is 3.03. The predicted molar refractivity (Wildman–Crippen MR) is 71.0 cm³/mol. The Hall–Kier alpha value is -1.90. The molecule has 0 unspecified atom stereocenters. The topological polar surface area (TPSA) is 37.8 Å². The van der Waals surface area contributed by atoms with Crippen molar-refractivity contribution >= 4 is 5.95 Å². The van der Waals surface area contributed by atoms with Crippen LogP contribution in [0, 0.1) is 6.92 Å². The van der Waals surface area contributed by atoms with Crippen molar-refractivity contribution in [3.63, 3.8) is 0 Å². The van der Waals surface area contributed by atoms with Crippen LogP contribution in [-0.2, 0) is 0 Å². The standard InChI is InChI=1S/C14H17N3/c1-10(2)15-14-16-11(3)9-13(17-14)12-7-5-4-6-8-12/h4-10H,1-3H3,(H,15,16,17). The summed E-state index contributed by atoms with van der Waals surface area (Å²) in [6, 6.07) is 12.5. The van der Waals surface area contributed by atoms with Gasteiger partial charge in [0.15, 0.2) is 0 Å². The Labute approximate surface area is 102 Å². The van der Waals surface area contributed by atoms with Gasteiger partial charge >= 0.3 is 0 Å². The van der Waals surface area contributed by atoms with Crippen LogP contribution in [-0.4, -0.2) is 16.0 Å². The SMILES string of the molecule is Cc1cc(-c2ccccc2)nc(NC(C)C)n1.